The number of thiazole rings is 1. The third-order valence-electron chi connectivity index (χ3n) is 1.30. The number of methoxy groups -OCH3 is 1. The maximum absolute atomic E-state index is 11.0. The normalized spacial score (nSPS) is 8.33. The zero-order valence-electron chi connectivity index (χ0n) is 7.80. The topological polar surface area (TPSA) is 88.0 Å². The van der Waals surface area contributed by atoms with Gasteiger partial charge in [-0.25, -0.2) is 9.78 Å². The Balaban J connectivity index is 2.70. The zero-order valence-corrected chi connectivity index (χ0v) is 8.61. The molecule has 6 nitrogen and oxygen atoms in total. The summed E-state index contributed by atoms with van der Waals surface area (Å²) in [6.07, 6.45) is 1.40. The molecule has 76 valence electrons. The number of rotatable bonds is 2. The number of hydrogen-bond acceptors (Lipinski definition) is 5. The molecule has 0 aliphatic heterocycles. The third kappa shape index (κ3) is 3.31. The first kappa shape index (κ1) is 11.0. The Hall–Kier alpha value is -2.03. The Morgan fingerprint density at radius 1 is 1.87 bits per heavy atom. The summed E-state index contributed by atoms with van der Waals surface area (Å²) in [7, 11) is 1.30. The minimum absolute atomic E-state index is 0.0869. The molecular formula is C8H6N4O2S. The van der Waals surface area contributed by atoms with Crippen LogP contribution in [0.15, 0.2) is 11.3 Å². The van der Waals surface area contributed by atoms with Crippen LogP contribution in [0.25, 0.3) is 10.4 Å². The predicted octanol–water partition coefficient (Wildman–Crippen LogP) is 1.59. The van der Waals surface area contributed by atoms with Crippen LogP contribution in [0.3, 0.4) is 0 Å². The summed E-state index contributed by atoms with van der Waals surface area (Å²) in [6, 6.07) is 0. The summed E-state index contributed by atoms with van der Waals surface area (Å²) in [4.78, 5) is 17.9. The van der Waals surface area contributed by atoms with Crippen molar-refractivity contribution in [2.24, 2.45) is 5.11 Å². The van der Waals surface area contributed by atoms with E-state index >= 15 is 0 Å². The number of nitrogens with zero attached hydrogens (tertiary/aromatic N) is 4. The molecule has 0 N–H and O–H groups in total. The van der Waals surface area contributed by atoms with Crippen molar-refractivity contribution in [2.45, 2.75) is 0 Å². The second-order valence-electron chi connectivity index (χ2n) is 2.21. The number of esters is 1. The fourth-order valence-electron chi connectivity index (χ4n) is 0.709. The van der Waals surface area contributed by atoms with Crippen LogP contribution >= 0.6 is 11.3 Å². The third-order valence-corrected chi connectivity index (χ3v) is 2.19. The van der Waals surface area contributed by atoms with Crippen molar-refractivity contribution in [3.8, 4) is 11.8 Å². The molecule has 0 aliphatic carbocycles. The lowest BCUT2D eigenvalue weighted by Gasteiger charge is -1.89. The molecule has 0 fully saturated rings. The Bertz CT molecular complexity index is 464. The maximum Gasteiger partial charge on any atom is 0.349 e. The molecular weight excluding hydrogens is 216 g/mol. The van der Waals surface area contributed by atoms with E-state index in [2.05, 4.69) is 31.6 Å². The molecule has 0 atom stereocenters. The van der Waals surface area contributed by atoms with E-state index in [4.69, 9.17) is 5.53 Å². The zero-order chi connectivity index (χ0) is 11.1. The standard InChI is InChI=1S/C8H6N4O2S/c1-14-8(13)6-5-10-7(15-6)3-2-4-11-12-9/h5H,4H2,1H3. The number of hydrogen-bond donors (Lipinski definition) is 0. The SMILES string of the molecule is COC(=O)c1cnc(C#CCN=[N+]=[N-])s1. The highest BCUT2D eigenvalue weighted by atomic mass is 32.1. The molecule has 15 heavy (non-hydrogen) atoms. The number of ether oxygens (including phenoxy) is 1. The van der Waals surface area contributed by atoms with Crippen LogP contribution in [0, 0.1) is 11.8 Å². The van der Waals surface area contributed by atoms with Crippen LogP contribution < -0.4 is 0 Å². The average molecular weight is 222 g/mol. The summed E-state index contributed by atoms with van der Waals surface area (Å²) < 4.78 is 4.51. The van der Waals surface area contributed by atoms with Gasteiger partial charge in [-0.1, -0.05) is 22.4 Å². The predicted molar refractivity (Wildman–Crippen MR) is 54.3 cm³/mol. The fourth-order valence-corrected chi connectivity index (χ4v) is 1.42. The minimum Gasteiger partial charge on any atom is -0.465 e. The lowest BCUT2D eigenvalue weighted by molar-refractivity contribution is 0.0606. The summed E-state index contributed by atoms with van der Waals surface area (Å²) in [6.45, 7) is 0.0869. The molecule has 1 aromatic heterocycles. The molecule has 7 heteroatoms. The van der Waals surface area contributed by atoms with Gasteiger partial charge in [0.25, 0.3) is 0 Å². The summed E-state index contributed by atoms with van der Waals surface area (Å²) in [5, 5.41) is 3.73. The van der Waals surface area contributed by atoms with Crippen molar-refractivity contribution in [1.82, 2.24) is 4.98 Å². The van der Waals surface area contributed by atoms with Crippen LogP contribution in [0.5, 0.6) is 0 Å². The van der Waals surface area contributed by atoms with Crippen molar-refractivity contribution in [2.75, 3.05) is 13.7 Å². The first-order valence-corrected chi connectivity index (χ1v) is 4.63. The van der Waals surface area contributed by atoms with E-state index in [1.54, 1.807) is 0 Å². The highest BCUT2D eigenvalue weighted by molar-refractivity contribution is 7.14. The van der Waals surface area contributed by atoms with Crippen LogP contribution in [-0.2, 0) is 4.74 Å². The molecule has 1 heterocycles. The second-order valence-corrected chi connectivity index (χ2v) is 3.24. The maximum atomic E-state index is 11.0. The van der Waals surface area contributed by atoms with E-state index < -0.39 is 5.97 Å². The monoisotopic (exact) mass is 222 g/mol. The number of azide groups is 1. The van der Waals surface area contributed by atoms with Crippen LogP contribution in [0.4, 0.5) is 0 Å². The first-order valence-electron chi connectivity index (χ1n) is 3.82. The Morgan fingerprint density at radius 2 is 2.67 bits per heavy atom. The average Bonchev–Trinajstić information content (AvgIpc) is 2.72. The van der Waals surface area contributed by atoms with E-state index in [0.29, 0.717) is 9.88 Å². The number of carbonyl (C=O) groups is 1. The van der Waals surface area contributed by atoms with Crippen molar-refractivity contribution in [3.63, 3.8) is 0 Å². The van der Waals surface area contributed by atoms with Gasteiger partial charge in [0, 0.05) is 4.91 Å². The quantitative estimate of drug-likeness (QED) is 0.250. The molecule has 0 aromatic carbocycles. The van der Waals surface area contributed by atoms with Crippen LogP contribution in [0.1, 0.15) is 14.7 Å². The molecule has 0 radical (unpaired) electrons. The van der Waals surface area contributed by atoms with Crippen molar-refractivity contribution in [1.29, 1.82) is 0 Å². The lowest BCUT2D eigenvalue weighted by Crippen LogP contribution is -1.96. The van der Waals surface area contributed by atoms with E-state index in [-0.39, 0.29) is 6.54 Å². The van der Waals surface area contributed by atoms with Gasteiger partial charge < -0.3 is 4.74 Å². The van der Waals surface area contributed by atoms with Gasteiger partial charge in [-0.15, -0.1) is 0 Å². The minimum atomic E-state index is -0.435. The van der Waals surface area contributed by atoms with Gasteiger partial charge in [0.15, 0.2) is 5.01 Å². The van der Waals surface area contributed by atoms with Gasteiger partial charge in [-0.05, 0) is 11.5 Å². The Morgan fingerprint density at radius 3 is 3.33 bits per heavy atom. The van der Waals surface area contributed by atoms with Crippen molar-refractivity contribution in [3.05, 3.63) is 26.5 Å². The molecule has 1 aromatic rings. The van der Waals surface area contributed by atoms with Crippen molar-refractivity contribution < 1.29 is 9.53 Å². The van der Waals surface area contributed by atoms with Crippen molar-refractivity contribution >= 4 is 17.3 Å². The van der Waals surface area contributed by atoms with Gasteiger partial charge in [-0.2, -0.15) is 0 Å². The first-order chi connectivity index (χ1) is 7.27. The van der Waals surface area contributed by atoms with Crippen LogP contribution in [-0.4, -0.2) is 24.6 Å². The molecule has 0 unspecified atom stereocenters. The molecule has 0 bridgehead atoms. The highest BCUT2D eigenvalue weighted by Crippen LogP contribution is 2.12. The molecule has 1 rings (SSSR count). The fraction of sp³-hybridized carbons (Fsp3) is 0.250. The Kier molecular flexibility index (Phi) is 4.16. The summed E-state index contributed by atoms with van der Waals surface area (Å²) >= 11 is 1.13. The second kappa shape index (κ2) is 5.65. The molecule has 0 saturated carbocycles. The van der Waals surface area contributed by atoms with Gasteiger partial charge in [0.05, 0.1) is 19.9 Å². The van der Waals surface area contributed by atoms with Crippen LogP contribution in [0.2, 0.25) is 0 Å². The van der Waals surface area contributed by atoms with E-state index in [9.17, 15) is 4.79 Å². The lowest BCUT2D eigenvalue weighted by atomic mass is 10.5. The van der Waals surface area contributed by atoms with Gasteiger partial charge >= 0.3 is 5.97 Å². The van der Waals surface area contributed by atoms with Gasteiger partial charge in [0.2, 0.25) is 0 Å². The van der Waals surface area contributed by atoms with Gasteiger partial charge in [0.1, 0.15) is 4.88 Å². The molecule has 0 aliphatic rings. The summed E-state index contributed by atoms with van der Waals surface area (Å²) in [5.41, 5.74) is 7.99. The molecule has 0 amide bonds. The van der Waals surface area contributed by atoms with E-state index in [0.717, 1.165) is 11.3 Å². The molecule has 0 spiro atoms. The van der Waals surface area contributed by atoms with E-state index in [1.165, 1.54) is 13.3 Å². The number of carbonyl (C=O) groups excluding carboxylic acids is 1. The highest BCUT2D eigenvalue weighted by Gasteiger charge is 2.08. The number of aromatic nitrogens is 1. The summed E-state index contributed by atoms with van der Waals surface area (Å²) in [5.74, 6) is 4.83. The van der Waals surface area contributed by atoms with Gasteiger partial charge in [-0.3, -0.25) is 0 Å². The van der Waals surface area contributed by atoms with E-state index in [1.807, 2.05) is 0 Å². The molecule has 0 saturated heterocycles. The smallest absolute Gasteiger partial charge is 0.349 e. The largest absolute Gasteiger partial charge is 0.465 e. The Labute approximate surface area is 89.5 Å².